The van der Waals surface area contributed by atoms with Crippen molar-refractivity contribution in [3.05, 3.63) is 0 Å². The Morgan fingerprint density at radius 2 is 0.450 bits per heavy atom. The van der Waals surface area contributed by atoms with Gasteiger partial charge in [0.15, 0.2) is 0 Å². The van der Waals surface area contributed by atoms with Crippen LogP contribution >= 0.6 is 8.34 Å². The van der Waals surface area contributed by atoms with Crippen molar-refractivity contribution in [3.63, 3.8) is 0 Å². The van der Waals surface area contributed by atoms with Crippen LogP contribution in [0.5, 0.6) is 0 Å². The molecular weight excluding hydrogens is 361 g/mol. The van der Waals surface area contributed by atoms with E-state index in [1.165, 1.54) is 0 Å². The van der Waals surface area contributed by atoms with Crippen LogP contribution in [0.4, 0.5) is 61.2 Å². The minimum absolute atomic E-state index is 0. The van der Waals surface area contributed by atoms with Crippen LogP contribution in [-0.4, -0.2) is 21.8 Å². The SMILES string of the molecule is F.F.F[B-](F)(F)F.F[B-](F)(F)F.F[B-](F)(F)F.O=[P]=O. The predicted octanol–water partition coefficient (Wildman–Crippen LogP) is 4.83. The third-order valence-corrected chi connectivity index (χ3v) is 0. The molecular formula is H2B3F14O2P-3. The van der Waals surface area contributed by atoms with Crippen molar-refractivity contribution in [1.29, 1.82) is 0 Å². The van der Waals surface area contributed by atoms with E-state index in [1.807, 2.05) is 0 Å². The van der Waals surface area contributed by atoms with E-state index in [-0.39, 0.29) is 9.41 Å². The van der Waals surface area contributed by atoms with Crippen molar-refractivity contribution in [3.8, 4) is 0 Å². The van der Waals surface area contributed by atoms with Gasteiger partial charge in [0, 0.05) is 0 Å². The topological polar surface area (TPSA) is 34.1 Å². The summed E-state index contributed by atoms with van der Waals surface area (Å²) in [5.74, 6) is 0. The van der Waals surface area contributed by atoms with E-state index in [0.717, 1.165) is 0 Å². The third kappa shape index (κ3) is 7980. The molecule has 0 aromatic carbocycles. The van der Waals surface area contributed by atoms with Gasteiger partial charge in [-0.1, -0.05) is 0 Å². The number of hydrogen-bond acceptors (Lipinski definition) is 2. The Balaban J connectivity index is -0.0000000321. The summed E-state index contributed by atoms with van der Waals surface area (Å²) in [5.41, 5.74) is 0. The first-order chi connectivity index (χ1) is 7.41. The van der Waals surface area contributed by atoms with Crippen LogP contribution in [0, 0.1) is 0 Å². The molecule has 0 bridgehead atoms. The zero-order valence-electron chi connectivity index (χ0n) is 8.35. The zero-order chi connectivity index (χ0) is 16.2. The molecule has 0 aliphatic heterocycles. The summed E-state index contributed by atoms with van der Waals surface area (Å²) in [7, 11) is -19.1. The van der Waals surface area contributed by atoms with Crippen LogP contribution in [0.2, 0.25) is 0 Å². The molecule has 2 nitrogen and oxygen atoms in total. The van der Waals surface area contributed by atoms with E-state index in [2.05, 4.69) is 0 Å². The molecule has 0 aromatic heterocycles. The average Bonchev–Trinajstić information content (AvgIpc) is 1.71. The quantitative estimate of drug-likeness (QED) is 0.351. The van der Waals surface area contributed by atoms with E-state index in [1.54, 1.807) is 0 Å². The number of halogens is 14. The van der Waals surface area contributed by atoms with Gasteiger partial charge < -0.3 is 51.8 Å². The Bertz CT molecular complexity index is 161. The third-order valence-electron chi connectivity index (χ3n) is 0. The molecule has 0 aromatic rings. The van der Waals surface area contributed by atoms with Crippen LogP contribution in [0.15, 0.2) is 0 Å². The van der Waals surface area contributed by atoms with Crippen LogP contribution < -0.4 is 0 Å². The van der Waals surface area contributed by atoms with Gasteiger partial charge in [-0.25, -0.2) is 0 Å². The number of hydrogen-bond donors (Lipinski definition) is 0. The van der Waals surface area contributed by atoms with Gasteiger partial charge in [0.25, 0.3) is 0 Å². The fourth-order valence-electron chi connectivity index (χ4n) is 0. The maximum atomic E-state index is 9.75. The molecule has 0 saturated carbocycles. The van der Waals surface area contributed by atoms with Gasteiger partial charge in [0.1, 0.15) is 0 Å². The molecule has 0 spiro atoms. The minimum atomic E-state index is -6.00. The number of rotatable bonds is 0. The normalized spacial score (nSPS) is 9.40. The summed E-state index contributed by atoms with van der Waals surface area (Å²) in [6, 6.07) is 0. The first-order valence-corrected chi connectivity index (χ1v) is 3.71. The van der Waals surface area contributed by atoms with Gasteiger partial charge in [-0.2, -0.15) is 0 Å². The molecule has 0 aliphatic carbocycles. The summed E-state index contributed by atoms with van der Waals surface area (Å²) in [6.07, 6.45) is 0. The van der Waals surface area contributed by atoms with Crippen molar-refractivity contribution >= 4 is 30.1 Å². The molecule has 1 radical (unpaired) electrons. The van der Waals surface area contributed by atoms with Crippen LogP contribution in [0.1, 0.15) is 0 Å². The molecule has 0 atom stereocenters. The van der Waals surface area contributed by atoms with E-state index >= 15 is 0 Å². The van der Waals surface area contributed by atoms with E-state index < -0.39 is 30.1 Å². The second-order valence-electron chi connectivity index (χ2n) is 1.56. The van der Waals surface area contributed by atoms with Crippen LogP contribution in [0.25, 0.3) is 0 Å². The molecule has 20 heteroatoms. The van der Waals surface area contributed by atoms with Gasteiger partial charge in [-0.05, 0) is 0 Å². The van der Waals surface area contributed by atoms with Crippen molar-refractivity contribution in [1.82, 2.24) is 0 Å². The van der Waals surface area contributed by atoms with E-state index in [9.17, 15) is 51.8 Å². The summed E-state index contributed by atoms with van der Waals surface area (Å²) in [5, 5.41) is 0. The first kappa shape index (κ1) is 36.5. The Kier molecular flexibility index (Phi) is 29.8. The molecule has 0 aliphatic rings. The van der Waals surface area contributed by atoms with Crippen molar-refractivity contribution in [2.24, 2.45) is 0 Å². The molecule has 20 heavy (non-hydrogen) atoms. The second-order valence-corrected chi connectivity index (χ2v) is 1.71. The van der Waals surface area contributed by atoms with Gasteiger partial charge in [0.05, 0.1) is 0 Å². The van der Waals surface area contributed by atoms with Gasteiger partial charge in [-0.15, -0.1) is 0 Å². The molecule has 0 unspecified atom stereocenters. The summed E-state index contributed by atoms with van der Waals surface area (Å²) >= 11 is 0. The maximum absolute atomic E-state index is 9.75. The van der Waals surface area contributed by atoms with Gasteiger partial charge >= 0.3 is 39.2 Å². The fourth-order valence-corrected chi connectivity index (χ4v) is 0. The van der Waals surface area contributed by atoms with E-state index in [4.69, 9.17) is 9.13 Å². The molecule has 0 fully saturated rings. The molecule has 0 N–H and O–H groups in total. The van der Waals surface area contributed by atoms with Crippen molar-refractivity contribution < 1.29 is 70.3 Å². The Morgan fingerprint density at radius 1 is 0.450 bits per heavy atom. The molecule has 129 valence electrons. The van der Waals surface area contributed by atoms with Crippen molar-refractivity contribution in [2.45, 2.75) is 0 Å². The molecule has 0 amide bonds. The zero-order valence-corrected chi connectivity index (χ0v) is 9.24. The standard InChI is InChI=1S/3BF4.2FH.O2P/c3*2-1(3,4)5;;;1-3-2/h;;;2*1H;/q3*-1;;;. The fraction of sp³-hybridized carbons (Fsp3) is 0. The van der Waals surface area contributed by atoms with E-state index in [0.29, 0.717) is 0 Å². The Hall–Kier alpha value is -0.755. The molecule has 0 saturated heterocycles. The van der Waals surface area contributed by atoms with Crippen LogP contribution in [0.3, 0.4) is 0 Å². The molecule has 0 heterocycles. The van der Waals surface area contributed by atoms with Crippen molar-refractivity contribution in [2.75, 3.05) is 0 Å². The monoisotopic (exact) mass is 364 g/mol. The summed E-state index contributed by atoms with van der Waals surface area (Å²) in [4.78, 5) is 0. The molecule has 0 rings (SSSR count). The Labute approximate surface area is 102 Å². The average molecular weight is 363 g/mol. The first-order valence-electron chi connectivity index (χ1n) is 2.98. The second kappa shape index (κ2) is 16.3. The van der Waals surface area contributed by atoms with Gasteiger partial charge in [-0.3, -0.25) is 9.41 Å². The predicted molar refractivity (Wildman–Crippen MR) is 43.9 cm³/mol. The van der Waals surface area contributed by atoms with Crippen LogP contribution in [-0.2, 0) is 9.13 Å². The summed E-state index contributed by atoms with van der Waals surface area (Å²) < 4.78 is 134. The summed E-state index contributed by atoms with van der Waals surface area (Å²) in [6.45, 7) is 0. The van der Waals surface area contributed by atoms with Gasteiger partial charge in [0.2, 0.25) is 0 Å². The Morgan fingerprint density at radius 3 is 0.450 bits per heavy atom.